The van der Waals surface area contributed by atoms with Crippen LogP contribution < -0.4 is 10.5 Å². The van der Waals surface area contributed by atoms with E-state index in [-0.39, 0.29) is 0 Å². The molecule has 0 aliphatic heterocycles. The predicted molar refractivity (Wildman–Crippen MR) is 83.7 cm³/mol. The molecule has 1 aromatic heterocycles. The highest BCUT2D eigenvalue weighted by molar-refractivity contribution is 5.85. The molecule has 1 aromatic carbocycles. The second-order valence-corrected chi connectivity index (χ2v) is 6.55. The Balaban J connectivity index is 1.73. The van der Waals surface area contributed by atoms with E-state index in [0.717, 1.165) is 42.6 Å². The van der Waals surface area contributed by atoms with Gasteiger partial charge in [-0.3, -0.25) is 0 Å². The van der Waals surface area contributed by atoms with E-state index < -0.39 is 0 Å². The second-order valence-electron chi connectivity index (χ2n) is 6.55. The van der Waals surface area contributed by atoms with Crippen molar-refractivity contribution in [3.05, 3.63) is 29.5 Å². The zero-order valence-electron chi connectivity index (χ0n) is 12.6. The fourth-order valence-electron chi connectivity index (χ4n) is 3.20. The second kappa shape index (κ2) is 5.06. The van der Waals surface area contributed by atoms with Crippen molar-refractivity contribution in [1.29, 1.82) is 0 Å². The first kappa shape index (κ1) is 13.2. The Morgan fingerprint density at radius 2 is 2.19 bits per heavy atom. The van der Waals surface area contributed by atoms with Crippen LogP contribution in [-0.2, 0) is 6.42 Å². The van der Waals surface area contributed by atoms with E-state index in [1.165, 1.54) is 30.2 Å². The van der Waals surface area contributed by atoms with Gasteiger partial charge in [0.2, 0.25) is 0 Å². The Labute approximate surface area is 125 Å². The number of hydrogen-bond donors (Lipinski definition) is 1. The molecule has 2 aliphatic rings. The summed E-state index contributed by atoms with van der Waals surface area (Å²) in [6.45, 7) is 3.75. The van der Waals surface area contributed by atoms with Crippen LogP contribution in [0.15, 0.2) is 22.6 Å². The zero-order chi connectivity index (χ0) is 14.4. The predicted octanol–water partition coefficient (Wildman–Crippen LogP) is 3.85. The van der Waals surface area contributed by atoms with Gasteiger partial charge in [0.05, 0.1) is 6.61 Å². The Morgan fingerprint density at radius 3 is 2.86 bits per heavy atom. The van der Waals surface area contributed by atoms with Crippen LogP contribution in [0, 0.1) is 11.8 Å². The monoisotopic (exact) mass is 285 g/mol. The molecule has 1 heterocycles. The number of hydrogen-bond acceptors (Lipinski definition) is 3. The summed E-state index contributed by atoms with van der Waals surface area (Å²) in [6.07, 6.45) is 4.75. The van der Waals surface area contributed by atoms with E-state index in [1.807, 2.05) is 0 Å². The van der Waals surface area contributed by atoms with Gasteiger partial charge >= 0.3 is 0 Å². The molecule has 2 aliphatic carbocycles. The molecule has 21 heavy (non-hydrogen) atoms. The number of aryl methyl sites for hydroxylation is 1. The first-order valence-electron chi connectivity index (χ1n) is 8.18. The van der Waals surface area contributed by atoms with Crippen LogP contribution >= 0.6 is 0 Å². The van der Waals surface area contributed by atoms with Crippen LogP contribution in [0.4, 0.5) is 0 Å². The number of rotatable bonds is 6. The van der Waals surface area contributed by atoms with Crippen molar-refractivity contribution in [2.75, 3.05) is 13.2 Å². The van der Waals surface area contributed by atoms with Gasteiger partial charge in [-0.05, 0) is 61.8 Å². The molecule has 2 atom stereocenters. The lowest BCUT2D eigenvalue weighted by molar-refractivity contribution is 0.297. The maximum absolute atomic E-state index is 6.12. The van der Waals surface area contributed by atoms with Crippen LogP contribution in [0.25, 0.3) is 11.0 Å². The van der Waals surface area contributed by atoms with Gasteiger partial charge in [0.25, 0.3) is 0 Å². The van der Waals surface area contributed by atoms with Crippen molar-refractivity contribution in [1.82, 2.24) is 0 Å². The van der Waals surface area contributed by atoms with E-state index >= 15 is 0 Å². The summed E-state index contributed by atoms with van der Waals surface area (Å²) in [4.78, 5) is 0. The van der Waals surface area contributed by atoms with Crippen molar-refractivity contribution >= 4 is 11.0 Å². The van der Waals surface area contributed by atoms with Crippen LogP contribution in [-0.4, -0.2) is 13.2 Å². The summed E-state index contributed by atoms with van der Waals surface area (Å²) in [7, 11) is 0. The molecule has 0 amide bonds. The van der Waals surface area contributed by atoms with Gasteiger partial charge in [-0.15, -0.1) is 0 Å². The van der Waals surface area contributed by atoms with E-state index in [2.05, 4.69) is 25.1 Å². The minimum atomic E-state index is 0.551. The van der Waals surface area contributed by atoms with Crippen molar-refractivity contribution in [2.24, 2.45) is 17.6 Å². The standard InChI is InChI=1S/C18H23NO2/c1-2-13-8-15-16(21-13)5-6-17(20-10-11-3-4-11)18(15)14-7-12(14)9-19/h5-6,8,11-12,14H,2-4,7,9-10,19H2,1H3/t12-,14+/m1/s1. The van der Waals surface area contributed by atoms with Gasteiger partial charge < -0.3 is 14.9 Å². The summed E-state index contributed by atoms with van der Waals surface area (Å²) in [5, 5.41) is 1.24. The molecule has 2 fully saturated rings. The van der Waals surface area contributed by atoms with Crippen molar-refractivity contribution < 1.29 is 9.15 Å². The number of nitrogens with two attached hydrogens (primary N) is 1. The zero-order valence-corrected chi connectivity index (χ0v) is 12.6. The Hall–Kier alpha value is -1.48. The molecule has 0 spiro atoms. The largest absolute Gasteiger partial charge is 0.493 e. The third-order valence-electron chi connectivity index (χ3n) is 4.87. The number of furan rings is 1. The van der Waals surface area contributed by atoms with Crippen LogP contribution in [0.1, 0.15) is 43.4 Å². The smallest absolute Gasteiger partial charge is 0.134 e. The Kier molecular flexibility index (Phi) is 3.18. The van der Waals surface area contributed by atoms with E-state index in [0.29, 0.717) is 11.8 Å². The first-order chi connectivity index (χ1) is 10.3. The van der Waals surface area contributed by atoms with E-state index in [9.17, 15) is 0 Å². The average Bonchev–Trinajstić information content (AvgIpc) is 3.41. The van der Waals surface area contributed by atoms with Gasteiger partial charge in [0.1, 0.15) is 17.1 Å². The van der Waals surface area contributed by atoms with Gasteiger partial charge in [-0.25, -0.2) is 0 Å². The lowest BCUT2D eigenvalue weighted by Crippen LogP contribution is -2.05. The van der Waals surface area contributed by atoms with Crippen LogP contribution in [0.3, 0.4) is 0 Å². The molecule has 0 unspecified atom stereocenters. The first-order valence-corrected chi connectivity index (χ1v) is 8.18. The highest BCUT2D eigenvalue weighted by Gasteiger charge is 2.40. The summed E-state index contributed by atoms with van der Waals surface area (Å²) in [5.74, 6) is 4.04. The summed E-state index contributed by atoms with van der Waals surface area (Å²) >= 11 is 0. The van der Waals surface area contributed by atoms with Crippen molar-refractivity contribution in [2.45, 2.75) is 38.5 Å². The quantitative estimate of drug-likeness (QED) is 0.877. The maximum Gasteiger partial charge on any atom is 0.134 e. The van der Waals surface area contributed by atoms with E-state index in [1.54, 1.807) is 0 Å². The molecule has 3 heteroatoms. The molecule has 0 bridgehead atoms. The summed E-state index contributed by atoms with van der Waals surface area (Å²) in [6, 6.07) is 6.34. The molecule has 2 saturated carbocycles. The number of benzene rings is 1. The Morgan fingerprint density at radius 1 is 1.33 bits per heavy atom. The third-order valence-corrected chi connectivity index (χ3v) is 4.87. The lowest BCUT2D eigenvalue weighted by Gasteiger charge is -2.12. The van der Waals surface area contributed by atoms with Crippen molar-refractivity contribution in [3.8, 4) is 5.75 Å². The lowest BCUT2D eigenvalue weighted by atomic mass is 10.0. The molecular weight excluding hydrogens is 262 g/mol. The van der Waals surface area contributed by atoms with Gasteiger partial charge in [0, 0.05) is 17.4 Å². The average molecular weight is 285 g/mol. The highest BCUT2D eigenvalue weighted by Crippen LogP contribution is 2.52. The molecular formula is C18H23NO2. The number of fused-ring (bicyclic) bond motifs is 1. The van der Waals surface area contributed by atoms with Gasteiger partial charge in [-0.2, -0.15) is 0 Å². The SMILES string of the molecule is CCc1cc2c([C@H]3C[C@@H]3CN)c(OCC3CC3)ccc2o1. The Bertz CT molecular complexity index is 657. The molecule has 2 N–H and O–H groups in total. The summed E-state index contributed by atoms with van der Waals surface area (Å²) in [5.41, 5.74) is 8.18. The molecule has 2 aromatic rings. The molecule has 4 rings (SSSR count). The minimum Gasteiger partial charge on any atom is -0.493 e. The third kappa shape index (κ3) is 2.44. The van der Waals surface area contributed by atoms with Crippen LogP contribution in [0.5, 0.6) is 5.75 Å². The molecule has 112 valence electrons. The number of ether oxygens (including phenoxy) is 1. The fourth-order valence-corrected chi connectivity index (χ4v) is 3.20. The minimum absolute atomic E-state index is 0.551. The van der Waals surface area contributed by atoms with E-state index in [4.69, 9.17) is 14.9 Å². The normalized spacial score (nSPS) is 24.5. The topological polar surface area (TPSA) is 48.4 Å². The highest BCUT2D eigenvalue weighted by atomic mass is 16.5. The summed E-state index contributed by atoms with van der Waals surface area (Å²) < 4.78 is 12.0. The van der Waals surface area contributed by atoms with Gasteiger partial charge in [0.15, 0.2) is 0 Å². The van der Waals surface area contributed by atoms with Crippen LogP contribution in [0.2, 0.25) is 0 Å². The molecule has 0 radical (unpaired) electrons. The maximum atomic E-state index is 6.12. The van der Waals surface area contributed by atoms with Crippen molar-refractivity contribution in [3.63, 3.8) is 0 Å². The van der Waals surface area contributed by atoms with Gasteiger partial charge in [-0.1, -0.05) is 6.92 Å². The fraction of sp³-hybridized carbons (Fsp3) is 0.556. The molecule has 0 saturated heterocycles. The molecule has 3 nitrogen and oxygen atoms in total.